The number of nitrogens with two attached hydrogens (primary N) is 1. The number of aromatic nitrogens is 1. The third kappa shape index (κ3) is 2.82. The fourth-order valence-corrected chi connectivity index (χ4v) is 2.67. The number of carbonyl (C=O) groups is 1. The molecule has 0 aliphatic heterocycles. The Labute approximate surface area is 102 Å². The molecule has 1 atom stereocenters. The van der Waals surface area contributed by atoms with Crippen LogP contribution in [0.2, 0.25) is 0 Å². The van der Waals surface area contributed by atoms with Gasteiger partial charge in [-0.2, -0.15) is 0 Å². The van der Waals surface area contributed by atoms with E-state index in [9.17, 15) is 9.00 Å². The number of rotatable bonds is 4. The number of hydrogen-bond acceptors (Lipinski definition) is 4. The molecule has 1 aliphatic rings. The summed E-state index contributed by atoms with van der Waals surface area (Å²) in [6, 6.07) is 1.94. The van der Waals surface area contributed by atoms with E-state index in [1.807, 2.05) is 0 Å². The molecule has 17 heavy (non-hydrogen) atoms. The van der Waals surface area contributed by atoms with Crippen molar-refractivity contribution in [2.24, 2.45) is 0 Å². The highest BCUT2D eigenvalue weighted by Crippen LogP contribution is 2.25. The van der Waals surface area contributed by atoms with Crippen molar-refractivity contribution >= 4 is 22.4 Å². The second kappa shape index (κ2) is 4.83. The van der Waals surface area contributed by atoms with Crippen molar-refractivity contribution in [2.75, 3.05) is 18.5 Å². The van der Waals surface area contributed by atoms with Gasteiger partial charge in [0.05, 0.1) is 27.6 Å². The summed E-state index contributed by atoms with van der Waals surface area (Å²) < 4.78 is 12.0. The Morgan fingerprint density at radius 1 is 1.65 bits per heavy atom. The predicted molar refractivity (Wildman–Crippen MR) is 65.7 cm³/mol. The fraction of sp³-hybridized carbons (Fsp3) is 0.455. The van der Waals surface area contributed by atoms with Crippen LogP contribution in [0.5, 0.6) is 0 Å². The van der Waals surface area contributed by atoms with Gasteiger partial charge in [-0.3, -0.25) is 14.0 Å². The van der Waals surface area contributed by atoms with E-state index in [2.05, 4.69) is 4.98 Å². The summed E-state index contributed by atoms with van der Waals surface area (Å²) in [6.07, 6.45) is 5.07. The van der Waals surface area contributed by atoms with E-state index in [0.717, 1.165) is 12.8 Å². The molecule has 92 valence electrons. The summed E-state index contributed by atoms with van der Waals surface area (Å²) in [4.78, 5) is 17.8. The van der Waals surface area contributed by atoms with Gasteiger partial charge in [0.1, 0.15) is 5.75 Å². The molecular formula is C11H15N3O2S. The van der Waals surface area contributed by atoms with Crippen molar-refractivity contribution in [1.29, 1.82) is 0 Å². The molecule has 0 saturated heterocycles. The first-order valence-corrected chi connectivity index (χ1v) is 6.75. The molecule has 1 amide bonds. The maximum atomic E-state index is 12.0. The van der Waals surface area contributed by atoms with E-state index in [1.165, 1.54) is 12.4 Å². The second-order valence-electron chi connectivity index (χ2n) is 4.14. The summed E-state index contributed by atoms with van der Waals surface area (Å²) in [7, 11) is 0.366. The smallest absolute Gasteiger partial charge is 0.235 e. The Kier molecular flexibility index (Phi) is 3.42. The third-order valence-corrected chi connectivity index (χ3v) is 4.17. The van der Waals surface area contributed by atoms with Gasteiger partial charge < -0.3 is 10.6 Å². The third-order valence-electron chi connectivity index (χ3n) is 2.80. The molecule has 6 heteroatoms. The predicted octanol–water partition coefficient (Wildman–Crippen LogP) is 0.392. The maximum Gasteiger partial charge on any atom is 0.235 e. The maximum absolute atomic E-state index is 12.0. The summed E-state index contributed by atoms with van der Waals surface area (Å²) in [6.45, 7) is 0. The minimum Gasteiger partial charge on any atom is -0.396 e. The van der Waals surface area contributed by atoms with E-state index in [-0.39, 0.29) is 11.7 Å². The minimum atomic E-state index is -1.39. The van der Waals surface area contributed by atoms with Gasteiger partial charge in [-0.05, 0) is 18.9 Å². The number of nitrogen functional groups attached to an aromatic ring is 1. The molecule has 0 radical (unpaired) electrons. The highest BCUT2D eigenvalue weighted by Gasteiger charge is 2.30. The Morgan fingerprint density at radius 2 is 2.35 bits per heavy atom. The molecule has 0 aromatic carbocycles. The van der Waals surface area contributed by atoms with Gasteiger partial charge in [-0.15, -0.1) is 0 Å². The Balaban J connectivity index is 2.01. The summed E-state index contributed by atoms with van der Waals surface area (Å²) in [5.74, 6) is -0.108. The van der Waals surface area contributed by atoms with Crippen LogP contribution in [-0.4, -0.2) is 38.8 Å². The van der Waals surface area contributed by atoms with Gasteiger partial charge in [0.25, 0.3) is 0 Å². The van der Waals surface area contributed by atoms with Crippen molar-refractivity contribution in [1.82, 2.24) is 9.88 Å². The van der Waals surface area contributed by atoms with Crippen LogP contribution >= 0.6 is 0 Å². The molecule has 1 fully saturated rings. The lowest BCUT2D eigenvalue weighted by atomic mass is 10.4. The summed E-state index contributed by atoms with van der Waals surface area (Å²) >= 11 is 0. The van der Waals surface area contributed by atoms with Gasteiger partial charge in [0.15, 0.2) is 0 Å². The van der Waals surface area contributed by atoms with Crippen molar-refractivity contribution in [3.8, 4) is 0 Å². The number of pyridine rings is 1. The van der Waals surface area contributed by atoms with Gasteiger partial charge in [0, 0.05) is 19.3 Å². The van der Waals surface area contributed by atoms with Crippen LogP contribution in [0.15, 0.2) is 23.4 Å². The van der Waals surface area contributed by atoms with Crippen LogP contribution in [0.25, 0.3) is 0 Å². The van der Waals surface area contributed by atoms with Crippen molar-refractivity contribution in [3.63, 3.8) is 0 Å². The molecular weight excluding hydrogens is 238 g/mol. The van der Waals surface area contributed by atoms with E-state index < -0.39 is 10.8 Å². The zero-order valence-electron chi connectivity index (χ0n) is 9.63. The lowest BCUT2D eigenvalue weighted by Gasteiger charge is -2.15. The quantitative estimate of drug-likeness (QED) is 0.842. The molecule has 2 N–H and O–H groups in total. The van der Waals surface area contributed by atoms with Crippen LogP contribution in [0.4, 0.5) is 5.69 Å². The van der Waals surface area contributed by atoms with Crippen LogP contribution in [0, 0.1) is 0 Å². The average molecular weight is 253 g/mol. The molecule has 2 rings (SSSR count). The largest absolute Gasteiger partial charge is 0.396 e. The summed E-state index contributed by atoms with van der Waals surface area (Å²) in [5, 5.41) is 0. The van der Waals surface area contributed by atoms with E-state index in [1.54, 1.807) is 18.0 Å². The highest BCUT2D eigenvalue weighted by atomic mass is 32.2. The van der Waals surface area contributed by atoms with Gasteiger partial charge in [-0.25, -0.2) is 0 Å². The second-order valence-corrected chi connectivity index (χ2v) is 5.56. The van der Waals surface area contributed by atoms with E-state index >= 15 is 0 Å². The minimum absolute atomic E-state index is 0.0127. The Bertz CT molecular complexity index is 460. The number of hydrogen-bond donors (Lipinski definition) is 1. The lowest BCUT2D eigenvalue weighted by Crippen LogP contribution is -2.32. The molecule has 0 spiro atoms. The fourth-order valence-electron chi connectivity index (χ4n) is 1.56. The zero-order chi connectivity index (χ0) is 12.4. The van der Waals surface area contributed by atoms with E-state index in [4.69, 9.17) is 5.73 Å². The van der Waals surface area contributed by atoms with Crippen LogP contribution in [-0.2, 0) is 15.6 Å². The number of anilines is 1. The monoisotopic (exact) mass is 253 g/mol. The Morgan fingerprint density at radius 3 is 2.94 bits per heavy atom. The molecule has 1 saturated carbocycles. The first kappa shape index (κ1) is 12.0. The summed E-state index contributed by atoms with van der Waals surface area (Å²) in [5.41, 5.74) is 6.03. The zero-order valence-corrected chi connectivity index (χ0v) is 10.4. The topological polar surface area (TPSA) is 76.3 Å². The number of nitrogens with zero attached hydrogens (tertiary/aromatic N) is 2. The number of amides is 1. The van der Waals surface area contributed by atoms with Gasteiger partial charge >= 0.3 is 0 Å². The molecule has 1 aromatic heterocycles. The van der Waals surface area contributed by atoms with Gasteiger partial charge in [-0.1, -0.05) is 0 Å². The average Bonchev–Trinajstić information content (AvgIpc) is 3.12. The molecule has 1 unspecified atom stereocenters. The van der Waals surface area contributed by atoms with Crippen LogP contribution < -0.4 is 5.73 Å². The number of carbonyl (C=O) groups excluding carboxylic acids is 1. The molecule has 1 aromatic rings. The lowest BCUT2D eigenvalue weighted by molar-refractivity contribution is -0.127. The SMILES string of the molecule is CN(C(=O)CS(=O)c1ccncc1N)C1CC1. The van der Waals surface area contributed by atoms with Gasteiger partial charge in [0.2, 0.25) is 5.91 Å². The Hall–Kier alpha value is -1.43. The molecule has 1 aliphatic carbocycles. The standard InChI is InChI=1S/C11H15N3O2S/c1-14(8-2-3-8)11(15)7-17(16)10-4-5-13-6-9(10)12/h4-6,8H,2-3,7,12H2,1H3. The molecule has 5 nitrogen and oxygen atoms in total. The first-order valence-electron chi connectivity index (χ1n) is 5.43. The van der Waals surface area contributed by atoms with Crippen molar-refractivity contribution in [2.45, 2.75) is 23.8 Å². The van der Waals surface area contributed by atoms with Crippen LogP contribution in [0.3, 0.4) is 0 Å². The molecule has 1 heterocycles. The van der Waals surface area contributed by atoms with Crippen LogP contribution in [0.1, 0.15) is 12.8 Å². The van der Waals surface area contributed by atoms with Crippen molar-refractivity contribution in [3.05, 3.63) is 18.5 Å². The first-order chi connectivity index (χ1) is 8.09. The van der Waals surface area contributed by atoms with E-state index in [0.29, 0.717) is 16.6 Å². The molecule has 0 bridgehead atoms. The highest BCUT2D eigenvalue weighted by molar-refractivity contribution is 7.86. The van der Waals surface area contributed by atoms with Crippen molar-refractivity contribution < 1.29 is 9.00 Å². The normalized spacial score (nSPS) is 16.5.